The number of fused-ring (bicyclic) bond motifs is 1. The van der Waals surface area contributed by atoms with E-state index in [2.05, 4.69) is 15.3 Å². The lowest BCUT2D eigenvalue weighted by atomic mass is 10.1. The molecule has 3 aromatic rings. The number of rotatable bonds is 12. The zero-order chi connectivity index (χ0) is 22.1. The zero-order valence-electron chi connectivity index (χ0n) is 18.1. The third-order valence-corrected chi connectivity index (χ3v) is 5.11. The van der Waals surface area contributed by atoms with Crippen molar-refractivity contribution in [3.63, 3.8) is 0 Å². The molecule has 2 atom stereocenters. The molecular formula is C24H31N3O4. The first kappa shape index (κ1) is 22.8. The van der Waals surface area contributed by atoms with Gasteiger partial charge in [-0.1, -0.05) is 31.5 Å². The topological polar surface area (TPSA) is 96.5 Å². The lowest BCUT2D eigenvalue weighted by Gasteiger charge is -2.17. The van der Waals surface area contributed by atoms with Gasteiger partial charge < -0.3 is 24.9 Å². The van der Waals surface area contributed by atoms with Crippen LogP contribution in [0.3, 0.4) is 0 Å². The van der Waals surface area contributed by atoms with E-state index in [-0.39, 0.29) is 5.97 Å². The molecule has 3 rings (SSSR count). The number of aromatic nitrogens is 2. The Morgan fingerprint density at radius 1 is 1.26 bits per heavy atom. The molecule has 0 unspecified atom stereocenters. The Bertz CT molecular complexity index is 958. The monoisotopic (exact) mass is 425 g/mol. The molecule has 0 saturated heterocycles. The predicted molar refractivity (Wildman–Crippen MR) is 120 cm³/mol. The summed E-state index contributed by atoms with van der Waals surface area (Å²) in [6.45, 7) is 5.32. The van der Waals surface area contributed by atoms with Gasteiger partial charge in [0.2, 0.25) is 0 Å². The number of pyridine rings is 1. The molecule has 2 aromatic heterocycles. The van der Waals surface area contributed by atoms with Crippen molar-refractivity contribution in [1.29, 1.82) is 0 Å². The van der Waals surface area contributed by atoms with Crippen molar-refractivity contribution < 1.29 is 19.4 Å². The van der Waals surface area contributed by atoms with E-state index in [1.807, 2.05) is 43.5 Å². The van der Waals surface area contributed by atoms with Crippen LogP contribution >= 0.6 is 0 Å². The van der Waals surface area contributed by atoms with Gasteiger partial charge in [-0.05, 0) is 44.0 Å². The van der Waals surface area contributed by atoms with Gasteiger partial charge in [-0.3, -0.25) is 4.98 Å². The summed E-state index contributed by atoms with van der Waals surface area (Å²) in [5.74, 6) is 0.319. The lowest BCUT2D eigenvalue weighted by Crippen LogP contribution is -2.29. The standard InChI is InChI=1S/C24H31N3O4/c1-3-7-22(24(29)30-4-2)31-21-10-5-9-19-17(15-27-23(19)21)11-13-26-16-20(28)18-8-6-12-25-14-18/h5-6,8-10,12,14-15,20,22,26-28H,3-4,7,11,13,16H2,1-2H3/t20-,22-/m0/s1. The fourth-order valence-electron chi connectivity index (χ4n) is 3.52. The average Bonchev–Trinajstić information content (AvgIpc) is 3.21. The van der Waals surface area contributed by atoms with Crippen LogP contribution in [0, 0.1) is 0 Å². The minimum Gasteiger partial charge on any atom is -0.477 e. The van der Waals surface area contributed by atoms with Crippen molar-refractivity contribution in [2.75, 3.05) is 19.7 Å². The number of nitrogens with zero attached hydrogens (tertiary/aromatic N) is 1. The number of benzene rings is 1. The Morgan fingerprint density at radius 2 is 2.13 bits per heavy atom. The van der Waals surface area contributed by atoms with Gasteiger partial charge in [0, 0.05) is 36.1 Å². The van der Waals surface area contributed by atoms with Gasteiger partial charge in [-0.15, -0.1) is 0 Å². The molecular weight excluding hydrogens is 394 g/mol. The molecule has 7 heteroatoms. The van der Waals surface area contributed by atoms with E-state index in [9.17, 15) is 9.90 Å². The molecule has 1 aromatic carbocycles. The van der Waals surface area contributed by atoms with Crippen molar-refractivity contribution in [2.45, 2.75) is 45.3 Å². The van der Waals surface area contributed by atoms with E-state index >= 15 is 0 Å². The Morgan fingerprint density at radius 3 is 2.87 bits per heavy atom. The van der Waals surface area contributed by atoms with Gasteiger partial charge in [0.1, 0.15) is 5.75 Å². The molecule has 0 aliphatic carbocycles. The van der Waals surface area contributed by atoms with Gasteiger partial charge in [0.05, 0.1) is 18.2 Å². The molecule has 0 aliphatic rings. The maximum absolute atomic E-state index is 12.2. The number of carbonyl (C=O) groups excluding carboxylic acids is 1. The van der Waals surface area contributed by atoms with Crippen LogP contribution in [-0.2, 0) is 16.0 Å². The van der Waals surface area contributed by atoms with E-state index in [1.165, 1.54) is 0 Å². The number of aliphatic hydroxyl groups excluding tert-OH is 1. The maximum atomic E-state index is 12.2. The number of aliphatic hydroxyl groups is 1. The summed E-state index contributed by atoms with van der Waals surface area (Å²) in [6, 6.07) is 9.52. The second-order valence-electron chi connectivity index (χ2n) is 7.40. The molecule has 0 amide bonds. The fourth-order valence-corrected chi connectivity index (χ4v) is 3.52. The molecule has 0 spiro atoms. The molecule has 0 fully saturated rings. The first-order valence-electron chi connectivity index (χ1n) is 10.8. The second-order valence-corrected chi connectivity index (χ2v) is 7.40. The maximum Gasteiger partial charge on any atom is 0.347 e. The van der Waals surface area contributed by atoms with E-state index in [4.69, 9.17) is 9.47 Å². The van der Waals surface area contributed by atoms with Crippen molar-refractivity contribution in [1.82, 2.24) is 15.3 Å². The largest absolute Gasteiger partial charge is 0.477 e. The van der Waals surface area contributed by atoms with Gasteiger partial charge >= 0.3 is 5.97 Å². The summed E-state index contributed by atoms with van der Waals surface area (Å²) < 4.78 is 11.2. The van der Waals surface area contributed by atoms with Crippen molar-refractivity contribution in [2.24, 2.45) is 0 Å². The molecule has 0 radical (unpaired) electrons. The van der Waals surface area contributed by atoms with Gasteiger partial charge in [0.15, 0.2) is 6.10 Å². The Labute approximate surface area is 182 Å². The Kier molecular flexibility index (Phi) is 8.44. The molecule has 3 N–H and O–H groups in total. The van der Waals surface area contributed by atoms with Crippen molar-refractivity contribution in [3.05, 3.63) is 60.0 Å². The summed E-state index contributed by atoms with van der Waals surface area (Å²) in [7, 11) is 0. The first-order chi connectivity index (χ1) is 15.1. The normalized spacial score (nSPS) is 13.1. The zero-order valence-corrected chi connectivity index (χ0v) is 18.1. The SMILES string of the molecule is CCC[C@H](Oc1cccc2c(CCNC[C@H](O)c3cccnc3)c[nH]c12)C(=O)OCC. The number of carbonyl (C=O) groups is 1. The average molecular weight is 426 g/mol. The Hall–Kier alpha value is -2.90. The predicted octanol–water partition coefficient (Wildman–Crippen LogP) is 3.54. The summed E-state index contributed by atoms with van der Waals surface area (Å²) in [5.41, 5.74) is 2.82. The summed E-state index contributed by atoms with van der Waals surface area (Å²) in [4.78, 5) is 19.5. The third kappa shape index (κ3) is 6.06. The van der Waals surface area contributed by atoms with Crippen molar-refractivity contribution in [3.8, 4) is 5.75 Å². The number of aromatic amines is 1. The third-order valence-electron chi connectivity index (χ3n) is 5.11. The van der Waals surface area contributed by atoms with E-state index in [1.54, 1.807) is 19.3 Å². The quantitative estimate of drug-likeness (QED) is 0.303. The fraction of sp³-hybridized carbons (Fsp3) is 0.417. The molecule has 0 bridgehead atoms. The van der Waals surface area contributed by atoms with E-state index in [0.29, 0.717) is 25.3 Å². The second kappa shape index (κ2) is 11.5. The van der Waals surface area contributed by atoms with Crippen molar-refractivity contribution >= 4 is 16.9 Å². The van der Waals surface area contributed by atoms with E-state index in [0.717, 1.165) is 41.4 Å². The number of hydrogen-bond donors (Lipinski definition) is 3. The van der Waals surface area contributed by atoms with Gasteiger partial charge in [-0.25, -0.2) is 4.79 Å². The van der Waals surface area contributed by atoms with Crippen LogP contribution in [0.15, 0.2) is 48.9 Å². The van der Waals surface area contributed by atoms with Crippen LogP contribution in [0.4, 0.5) is 0 Å². The minimum atomic E-state index is -0.613. The molecule has 0 saturated carbocycles. The Balaban J connectivity index is 1.61. The molecule has 31 heavy (non-hydrogen) atoms. The van der Waals surface area contributed by atoms with Gasteiger partial charge in [-0.2, -0.15) is 0 Å². The number of H-pyrrole nitrogens is 1. The first-order valence-corrected chi connectivity index (χ1v) is 10.8. The molecule has 166 valence electrons. The molecule has 0 aliphatic heterocycles. The highest BCUT2D eigenvalue weighted by Crippen LogP contribution is 2.29. The van der Waals surface area contributed by atoms with Crippen LogP contribution in [-0.4, -0.2) is 46.8 Å². The lowest BCUT2D eigenvalue weighted by molar-refractivity contribution is -0.151. The highest BCUT2D eigenvalue weighted by Gasteiger charge is 2.22. The van der Waals surface area contributed by atoms with E-state index < -0.39 is 12.2 Å². The number of nitrogens with one attached hydrogen (secondary N) is 2. The number of ether oxygens (including phenoxy) is 2. The smallest absolute Gasteiger partial charge is 0.347 e. The minimum absolute atomic E-state index is 0.329. The molecule has 7 nitrogen and oxygen atoms in total. The van der Waals surface area contributed by atoms with Crippen LogP contribution in [0.5, 0.6) is 5.75 Å². The highest BCUT2D eigenvalue weighted by molar-refractivity contribution is 5.88. The summed E-state index contributed by atoms with van der Waals surface area (Å²) >= 11 is 0. The highest BCUT2D eigenvalue weighted by atomic mass is 16.6. The summed E-state index contributed by atoms with van der Waals surface area (Å²) in [6.07, 6.45) is 6.35. The summed E-state index contributed by atoms with van der Waals surface area (Å²) in [5, 5.41) is 14.6. The molecule has 2 heterocycles. The van der Waals surface area contributed by atoms with Crippen LogP contribution in [0.2, 0.25) is 0 Å². The van der Waals surface area contributed by atoms with Crippen LogP contribution in [0.1, 0.15) is 43.9 Å². The van der Waals surface area contributed by atoms with Gasteiger partial charge in [0.25, 0.3) is 0 Å². The van der Waals surface area contributed by atoms with Crippen LogP contribution in [0.25, 0.3) is 10.9 Å². The van der Waals surface area contributed by atoms with Crippen LogP contribution < -0.4 is 10.1 Å². The number of esters is 1. The number of hydrogen-bond acceptors (Lipinski definition) is 6. The number of para-hydroxylation sites is 1.